The number of halogens is 4. The van der Waals surface area contributed by atoms with E-state index in [1.54, 1.807) is 0 Å². The average molecular weight is 328 g/mol. The summed E-state index contributed by atoms with van der Waals surface area (Å²) in [6.07, 6.45) is -4.44. The largest absolute Gasteiger partial charge is 0.508 e. The van der Waals surface area contributed by atoms with E-state index in [1.807, 2.05) is 0 Å². The van der Waals surface area contributed by atoms with E-state index in [0.29, 0.717) is 25.3 Å². The average Bonchev–Trinajstić information content (AvgIpc) is 2.29. The van der Waals surface area contributed by atoms with Crippen LogP contribution in [0.15, 0.2) is 18.2 Å². The van der Waals surface area contributed by atoms with E-state index in [4.69, 9.17) is 4.74 Å². The fourth-order valence-electron chi connectivity index (χ4n) is 1.78. The second kappa shape index (κ2) is 5.90. The number of hydrogen-bond donors (Lipinski definition) is 2. The van der Waals surface area contributed by atoms with Crippen LogP contribution in [0.2, 0.25) is 0 Å². The lowest BCUT2D eigenvalue weighted by atomic mass is 10.0. The molecule has 1 aliphatic rings. The molecule has 1 aliphatic heterocycles. The normalized spacial score (nSPS) is 20.3. The van der Waals surface area contributed by atoms with Crippen molar-refractivity contribution in [3.63, 3.8) is 0 Å². The maximum absolute atomic E-state index is 12.4. The zero-order chi connectivity index (χ0) is 12.5. The molecule has 0 radical (unpaired) electrons. The number of benzene rings is 1. The van der Waals surface area contributed by atoms with Gasteiger partial charge in [0.2, 0.25) is 0 Å². The molecule has 0 amide bonds. The minimum absolute atomic E-state index is 0. The van der Waals surface area contributed by atoms with Crippen LogP contribution >= 0.6 is 17.0 Å². The van der Waals surface area contributed by atoms with Crippen LogP contribution in [-0.4, -0.2) is 24.9 Å². The van der Waals surface area contributed by atoms with Crippen molar-refractivity contribution in [2.45, 2.75) is 12.2 Å². The second-order valence-electron chi connectivity index (χ2n) is 3.85. The SMILES string of the molecule is Br.Oc1cc(C(F)(F)F)ccc1C1COCCN1. The maximum atomic E-state index is 12.4. The van der Waals surface area contributed by atoms with Gasteiger partial charge in [0.15, 0.2) is 0 Å². The number of aromatic hydroxyl groups is 1. The van der Waals surface area contributed by atoms with Crippen LogP contribution in [0, 0.1) is 0 Å². The van der Waals surface area contributed by atoms with Crippen LogP contribution in [0.3, 0.4) is 0 Å². The van der Waals surface area contributed by atoms with Gasteiger partial charge in [-0.25, -0.2) is 0 Å². The molecule has 0 aliphatic carbocycles. The van der Waals surface area contributed by atoms with Gasteiger partial charge in [0.25, 0.3) is 0 Å². The number of rotatable bonds is 1. The molecule has 0 bridgehead atoms. The van der Waals surface area contributed by atoms with Crippen LogP contribution in [0.4, 0.5) is 13.2 Å². The summed E-state index contributed by atoms with van der Waals surface area (Å²) >= 11 is 0. The van der Waals surface area contributed by atoms with E-state index in [0.717, 1.165) is 12.1 Å². The molecule has 1 unspecified atom stereocenters. The fourth-order valence-corrected chi connectivity index (χ4v) is 1.78. The summed E-state index contributed by atoms with van der Waals surface area (Å²) in [7, 11) is 0. The molecule has 1 fully saturated rings. The predicted octanol–water partition coefficient (Wildman–Crippen LogP) is 2.65. The molecule has 3 nitrogen and oxygen atoms in total. The van der Waals surface area contributed by atoms with Crippen molar-refractivity contribution < 1.29 is 23.0 Å². The van der Waals surface area contributed by atoms with Gasteiger partial charge in [-0.3, -0.25) is 0 Å². The molecule has 1 aromatic rings. The van der Waals surface area contributed by atoms with Crippen molar-refractivity contribution in [2.75, 3.05) is 19.8 Å². The van der Waals surface area contributed by atoms with E-state index >= 15 is 0 Å². The van der Waals surface area contributed by atoms with Crippen molar-refractivity contribution in [1.82, 2.24) is 5.32 Å². The van der Waals surface area contributed by atoms with Gasteiger partial charge in [-0.1, -0.05) is 6.07 Å². The lowest BCUT2D eigenvalue weighted by Gasteiger charge is -2.25. The van der Waals surface area contributed by atoms with Crippen LogP contribution in [0.25, 0.3) is 0 Å². The number of nitrogens with one attached hydrogen (secondary N) is 1. The standard InChI is InChI=1S/C11H12F3NO2.BrH/c12-11(13,14)7-1-2-8(10(16)5-7)9-6-17-4-3-15-9;/h1-2,5,9,15-16H,3-4,6H2;1H. The molecule has 18 heavy (non-hydrogen) atoms. The molecule has 0 aromatic heterocycles. The number of phenolic OH excluding ortho intramolecular Hbond substituents is 1. The first-order valence-electron chi connectivity index (χ1n) is 5.20. The van der Waals surface area contributed by atoms with Gasteiger partial charge >= 0.3 is 6.18 Å². The Morgan fingerprint density at radius 3 is 2.56 bits per heavy atom. The number of alkyl halides is 3. The second-order valence-corrected chi connectivity index (χ2v) is 3.85. The topological polar surface area (TPSA) is 41.5 Å². The Morgan fingerprint density at radius 1 is 1.33 bits per heavy atom. The minimum Gasteiger partial charge on any atom is -0.508 e. The minimum atomic E-state index is -4.44. The third kappa shape index (κ3) is 3.37. The molecule has 0 spiro atoms. The van der Waals surface area contributed by atoms with Crippen molar-refractivity contribution in [2.24, 2.45) is 0 Å². The van der Waals surface area contributed by atoms with Gasteiger partial charge in [-0.2, -0.15) is 13.2 Å². The lowest BCUT2D eigenvalue weighted by molar-refractivity contribution is -0.137. The quantitative estimate of drug-likeness (QED) is 0.833. The van der Waals surface area contributed by atoms with Crippen LogP contribution in [0.5, 0.6) is 5.75 Å². The first-order chi connectivity index (χ1) is 7.98. The highest BCUT2D eigenvalue weighted by Crippen LogP contribution is 2.34. The highest BCUT2D eigenvalue weighted by molar-refractivity contribution is 8.93. The highest BCUT2D eigenvalue weighted by atomic mass is 79.9. The zero-order valence-electron chi connectivity index (χ0n) is 9.33. The van der Waals surface area contributed by atoms with E-state index in [9.17, 15) is 18.3 Å². The smallest absolute Gasteiger partial charge is 0.416 e. The third-order valence-corrected chi connectivity index (χ3v) is 2.65. The van der Waals surface area contributed by atoms with Crippen LogP contribution < -0.4 is 5.32 Å². The summed E-state index contributed by atoms with van der Waals surface area (Å²) in [6.45, 7) is 1.53. The molecule has 0 saturated carbocycles. The number of ether oxygens (including phenoxy) is 1. The maximum Gasteiger partial charge on any atom is 0.416 e. The molecule has 1 heterocycles. The number of phenols is 1. The predicted molar refractivity (Wildman–Crippen MR) is 65.0 cm³/mol. The Kier molecular flexibility index (Phi) is 5.01. The van der Waals surface area contributed by atoms with Crippen molar-refractivity contribution >= 4 is 17.0 Å². The molecule has 2 N–H and O–H groups in total. The third-order valence-electron chi connectivity index (χ3n) is 2.65. The molecule has 1 saturated heterocycles. The van der Waals surface area contributed by atoms with Crippen molar-refractivity contribution in [3.05, 3.63) is 29.3 Å². The van der Waals surface area contributed by atoms with Crippen LogP contribution in [0.1, 0.15) is 17.2 Å². The van der Waals surface area contributed by atoms with Gasteiger partial charge < -0.3 is 15.2 Å². The fraction of sp³-hybridized carbons (Fsp3) is 0.455. The van der Waals surface area contributed by atoms with Gasteiger partial charge in [-0.05, 0) is 12.1 Å². The number of hydrogen-bond acceptors (Lipinski definition) is 3. The summed E-state index contributed by atoms with van der Waals surface area (Å²) in [6, 6.07) is 2.73. The Balaban J connectivity index is 0.00000162. The Bertz CT molecular complexity index is 406. The molecule has 1 aromatic carbocycles. The van der Waals surface area contributed by atoms with E-state index in [2.05, 4.69) is 5.32 Å². The summed E-state index contributed by atoms with van der Waals surface area (Å²) < 4.78 is 42.4. The van der Waals surface area contributed by atoms with Gasteiger partial charge in [-0.15, -0.1) is 17.0 Å². The highest BCUT2D eigenvalue weighted by Gasteiger charge is 2.31. The molecular weight excluding hydrogens is 315 g/mol. The molecular formula is C11H13BrF3NO2. The first kappa shape index (κ1) is 15.3. The first-order valence-corrected chi connectivity index (χ1v) is 5.20. The molecule has 7 heteroatoms. The summed E-state index contributed by atoms with van der Waals surface area (Å²) in [4.78, 5) is 0. The van der Waals surface area contributed by atoms with Gasteiger partial charge in [0, 0.05) is 12.1 Å². The molecule has 102 valence electrons. The van der Waals surface area contributed by atoms with E-state index < -0.39 is 11.7 Å². The lowest BCUT2D eigenvalue weighted by Crippen LogP contribution is -2.34. The Labute approximate surface area is 113 Å². The zero-order valence-corrected chi connectivity index (χ0v) is 11.0. The van der Waals surface area contributed by atoms with Gasteiger partial charge in [0.05, 0.1) is 24.8 Å². The summed E-state index contributed by atoms with van der Waals surface area (Å²) in [5.41, 5.74) is -0.423. The van der Waals surface area contributed by atoms with Gasteiger partial charge in [0.1, 0.15) is 5.75 Å². The van der Waals surface area contributed by atoms with Crippen molar-refractivity contribution in [1.29, 1.82) is 0 Å². The van der Waals surface area contributed by atoms with E-state index in [-0.39, 0.29) is 28.8 Å². The Hall–Kier alpha value is -0.790. The Morgan fingerprint density at radius 2 is 2.06 bits per heavy atom. The van der Waals surface area contributed by atoms with E-state index in [1.165, 1.54) is 6.07 Å². The monoisotopic (exact) mass is 327 g/mol. The number of morpholine rings is 1. The van der Waals surface area contributed by atoms with Crippen LogP contribution in [-0.2, 0) is 10.9 Å². The molecule has 2 rings (SSSR count). The summed E-state index contributed by atoms with van der Waals surface area (Å²) in [5.74, 6) is -0.358. The molecule has 1 atom stereocenters. The van der Waals surface area contributed by atoms with Crippen molar-refractivity contribution in [3.8, 4) is 5.75 Å². The summed E-state index contributed by atoms with van der Waals surface area (Å²) in [5, 5.41) is 12.7.